The van der Waals surface area contributed by atoms with E-state index in [1.54, 1.807) is 0 Å². The minimum atomic E-state index is -1.35. The molecule has 0 aliphatic carbocycles. The van der Waals surface area contributed by atoms with Crippen molar-refractivity contribution in [3.63, 3.8) is 0 Å². The first-order valence-corrected chi connectivity index (χ1v) is 10.4. The number of carbonyl (C=O) groups is 5. The third-order valence-electron chi connectivity index (χ3n) is 4.38. The lowest BCUT2D eigenvalue weighted by Crippen LogP contribution is -2.56. The second-order valence-electron chi connectivity index (χ2n) is 7.19. The van der Waals surface area contributed by atoms with E-state index in [9.17, 15) is 29.1 Å². The van der Waals surface area contributed by atoms with Crippen LogP contribution >= 0.6 is 0 Å². The Balaban J connectivity index is 5.34. The summed E-state index contributed by atoms with van der Waals surface area (Å²) < 4.78 is 0. The van der Waals surface area contributed by atoms with E-state index in [0.29, 0.717) is 19.4 Å². The van der Waals surface area contributed by atoms with E-state index < -0.39 is 60.7 Å². The fourth-order valence-electron chi connectivity index (χ4n) is 2.73. The summed E-state index contributed by atoms with van der Waals surface area (Å²) in [4.78, 5) is 63.5. The fourth-order valence-corrected chi connectivity index (χ4v) is 2.73. The molecule has 3 unspecified atom stereocenters. The topological polar surface area (TPSA) is 284 Å². The number of carboxylic acid groups (broad SMARTS) is 1. The van der Waals surface area contributed by atoms with E-state index in [0.717, 1.165) is 0 Å². The Morgan fingerprint density at radius 3 is 1.88 bits per heavy atom. The SMILES string of the molecule is NCCCCC(NC(=O)C(CC(N)=O)NC(=O)CN)C(=O)NC(CCCN=C(N)N)C(=O)O. The highest BCUT2D eigenvalue weighted by molar-refractivity contribution is 5.95. The van der Waals surface area contributed by atoms with E-state index in [-0.39, 0.29) is 31.8 Å². The lowest BCUT2D eigenvalue weighted by molar-refractivity contribution is -0.142. The quantitative estimate of drug-likeness (QED) is 0.0554. The Morgan fingerprint density at radius 2 is 1.36 bits per heavy atom. The molecule has 4 amide bonds. The Hall–Kier alpha value is -3.46. The van der Waals surface area contributed by atoms with Gasteiger partial charge in [0.2, 0.25) is 23.6 Å². The summed E-state index contributed by atoms with van der Waals surface area (Å²) in [7, 11) is 0. The number of aliphatic imine (C=N–C) groups is 1. The van der Waals surface area contributed by atoms with Crippen molar-refractivity contribution in [1.82, 2.24) is 16.0 Å². The highest BCUT2D eigenvalue weighted by Crippen LogP contribution is 2.05. The first kappa shape index (κ1) is 29.5. The van der Waals surface area contributed by atoms with Crippen LogP contribution in [0.3, 0.4) is 0 Å². The van der Waals surface area contributed by atoms with Crippen molar-refractivity contribution in [1.29, 1.82) is 0 Å². The summed E-state index contributed by atoms with van der Waals surface area (Å²) in [5, 5.41) is 16.5. The monoisotopic (exact) mass is 473 g/mol. The molecule has 0 heterocycles. The van der Waals surface area contributed by atoms with Crippen LogP contribution in [0.2, 0.25) is 0 Å². The fraction of sp³-hybridized carbons (Fsp3) is 0.667. The zero-order valence-electron chi connectivity index (χ0n) is 18.4. The standard InChI is InChI=1S/C18H35N9O6/c19-6-2-1-4-10(26-16(31)12(8-13(21)28)25-14(29)9-20)15(30)27-11(17(32)33)5-3-7-24-18(22)23/h10-12H,1-9,19-20H2,(H2,21,28)(H,25,29)(H,26,31)(H,27,30)(H,32,33)(H4,22,23,24). The van der Waals surface area contributed by atoms with Gasteiger partial charge in [0, 0.05) is 6.54 Å². The zero-order chi connectivity index (χ0) is 25.4. The van der Waals surface area contributed by atoms with Crippen LogP contribution in [0, 0.1) is 0 Å². The number of guanidine groups is 1. The third-order valence-corrected chi connectivity index (χ3v) is 4.38. The van der Waals surface area contributed by atoms with Gasteiger partial charge in [0.15, 0.2) is 5.96 Å². The van der Waals surface area contributed by atoms with Gasteiger partial charge in [0.25, 0.3) is 0 Å². The van der Waals surface area contributed by atoms with Crippen molar-refractivity contribution in [2.75, 3.05) is 19.6 Å². The number of unbranched alkanes of at least 4 members (excludes halogenated alkanes) is 1. The smallest absolute Gasteiger partial charge is 0.326 e. The Morgan fingerprint density at radius 1 is 0.788 bits per heavy atom. The molecule has 0 aromatic carbocycles. The Bertz CT molecular complexity index is 712. The van der Waals surface area contributed by atoms with Crippen LogP contribution < -0.4 is 44.6 Å². The van der Waals surface area contributed by atoms with Crippen LogP contribution in [0.25, 0.3) is 0 Å². The van der Waals surface area contributed by atoms with E-state index >= 15 is 0 Å². The number of hydrogen-bond donors (Lipinski definition) is 9. The molecule has 0 aromatic rings. The summed E-state index contributed by atoms with van der Waals surface area (Å²) in [5.41, 5.74) is 26.3. The molecule has 15 nitrogen and oxygen atoms in total. The molecule has 0 aliphatic rings. The van der Waals surface area contributed by atoms with E-state index in [4.69, 9.17) is 28.7 Å². The lowest BCUT2D eigenvalue weighted by atomic mass is 10.1. The number of carbonyl (C=O) groups excluding carboxylic acids is 4. The maximum Gasteiger partial charge on any atom is 0.326 e. The van der Waals surface area contributed by atoms with E-state index in [1.165, 1.54) is 0 Å². The van der Waals surface area contributed by atoms with Gasteiger partial charge in [-0.25, -0.2) is 4.79 Å². The van der Waals surface area contributed by atoms with Gasteiger partial charge in [-0.2, -0.15) is 0 Å². The summed E-state index contributed by atoms with van der Waals surface area (Å²) in [6, 6.07) is -3.74. The van der Waals surface area contributed by atoms with Gasteiger partial charge in [0.1, 0.15) is 18.1 Å². The van der Waals surface area contributed by atoms with Crippen molar-refractivity contribution >= 4 is 35.6 Å². The minimum absolute atomic E-state index is 0.0399. The van der Waals surface area contributed by atoms with Gasteiger partial charge in [-0.05, 0) is 38.6 Å². The molecular weight excluding hydrogens is 438 g/mol. The van der Waals surface area contributed by atoms with Gasteiger partial charge in [-0.15, -0.1) is 0 Å². The number of nitrogens with one attached hydrogen (secondary N) is 3. The summed E-state index contributed by atoms with van der Waals surface area (Å²) in [5.74, 6) is -4.57. The molecule has 0 spiro atoms. The molecule has 15 heteroatoms. The largest absolute Gasteiger partial charge is 0.480 e. The van der Waals surface area contributed by atoms with Gasteiger partial charge < -0.3 is 49.7 Å². The molecule has 0 saturated heterocycles. The summed E-state index contributed by atoms with van der Waals surface area (Å²) in [6.07, 6.45) is 0.950. The molecule has 188 valence electrons. The number of primary amides is 1. The number of hydrogen-bond acceptors (Lipinski definition) is 8. The predicted octanol–water partition coefficient (Wildman–Crippen LogP) is -4.46. The number of nitrogens with two attached hydrogens (primary N) is 5. The number of carboxylic acids is 1. The molecule has 0 rings (SSSR count). The van der Waals surface area contributed by atoms with Gasteiger partial charge >= 0.3 is 5.97 Å². The predicted molar refractivity (Wildman–Crippen MR) is 119 cm³/mol. The Kier molecular flexibility index (Phi) is 14.5. The molecule has 0 fully saturated rings. The van der Waals surface area contributed by atoms with Crippen LogP contribution in [-0.4, -0.2) is 78.4 Å². The van der Waals surface area contributed by atoms with Crippen molar-refractivity contribution in [2.45, 2.75) is 56.7 Å². The Labute approximate surface area is 191 Å². The first-order valence-electron chi connectivity index (χ1n) is 10.4. The third kappa shape index (κ3) is 13.5. The van der Waals surface area contributed by atoms with E-state index in [1.807, 2.05) is 0 Å². The highest BCUT2D eigenvalue weighted by Gasteiger charge is 2.29. The van der Waals surface area contributed by atoms with Crippen LogP contribution in [0.5, 0.6) is 0 Å². The lowest BCUT2D eigenvalue weighted by Gasteiger charge is -2.24. The average Bonchev–Trinajstić information content (AvgIpc) is 2.73. The number of amides is 4. The first-order chi connectivity index (χ1) is 15.5. The minimum Gasteiger partial charge on any atom is -0.480 e. The zero-order valence-corrected chi connectivity index (χ0v) is 18.4. The van der Waals surface area contributed by atoms with Crippen LogP contribution in [0.4, 0.5) is 0 Å². The second-order valence-corrected chi connectivity index (χ2v) is 7.19. The van der Waals surface area contributed by atoms with E-state index in [2.05, 4.69) is 20.9 Å². The van der Waals surface area contributed by atoms with Crippen molar-refractivity contribution in [2.24, 2.45) is 33.7 Å². The molecule has 0 aromatic heterocycles. The molecule has 0 bridgehead atoms. The molecule has 14 N–H and O–H groups in total. The molecular formula is C18H35N9O6. The van der Waals surface area contributed by atoms with Crippen LogP contribution in [-0.2, 0) is 24.0 Å². The van der Waals surface area contributed by atoms with Gasteiger partial charge in [0.05, 0.1) is 13.0 Å². The summed E-state index contributed by atoms with van der Waals surface area (Å²) >= 11 is 0. The highest BCUT2D eigenvalue weighted by atomic mass is 16.4. The maximum atomic E-state index is 12.8. The van der Waals surface area contributed by atoms with Crippen LogP contribution in [0.1, 0.15) is 38.5 Å². The summed E-state index contributed by atoms with van der Waals surface area (Å²) in [6.45, 7) is 0.0963. The van der Waals surface area contributed by atoms with Crippen LogP contribution in [0.15, 0.2) is 4.99 Å². The molecule has 0 saturated carbocycles. The molecule has 0 aliphatic heterocycles. The normalized spacial score (nSPS) is 13.2. The molecule has 0 radical (unpaired) electrons. The maximum absolute atomic E-state index is 12.8. The number of nitrogens with zero attached hydrogens (tertiary/aromatic N) is 1. The molecule has 3 atom stereocenters. The van der Waals surface area contributed by atoms with Gasteiger partial charge in [-0.1, -0.05) is 0 Å². The second kappa shape index (κ2) is 16.2. The number of aliphatic carboxylic acids is 1. The number of rotatable bonds is 17. The van der Waals surface area contributed by atoms with Crippen molar-refractivity contribution in [3.05, 3.63) is 0 Å². The van der Waals surface area contributed by atoms with Crippen molar-refractivity contribution in [3.8, 4) is 0 Å². The average molecular weight is 474 g/mol. The van der Waals surface area contributed by atoms with Crippen molar-refractivity contribution < 1.29 is 29.1 Å². The van der Waals surface area contributed by atoms with Gasteiger partial charge in [-0.3, -0.25) is 24.2 Å². The molecule has 33 heavy (non-hydrogen) atoms.